The summed E-state index contributed by atoms with van der Waals surface area (Å²) in [7, 11) is 1.48. The molecule has 0 saturated carbocycles. The summed E-state index contributed by atoms with van der Waals surface area (Å²) in [5, 5.41) is 9.63. The number of hydrogen-bond acceptors (Lipinski definition) is 4. The van der Waals surface area contributed by atoms with Crippen LogP contribution in [-0.4, -0.2) is 30.3 Å². The first-order chi connectivity index (χ1) is 7.89. The van der Waals surface area contributed by atoms with E-state index in [1.165, 1.54) is 19.4 Å². The van der Waals surface area contributed by atoms with Gasteiger partial charge in [-0.2, -0.15) is 0 Å². The van der Waals surface area contributed by atoms with Gasteiger partial charge >= 0.3 is 0 Å². The molecule has 0 bridgehead atoms. The maximum Gasteiger partial charge on any atom is 0.161 e. The summed E-state index contributed by atoms with van der Waals surface area (Å²) in [6.45, 7) is 3.40. The Morgan fingerprint density at radius 1 is 1.47 bits per heavy atom. The molecule has 0 aliphatic carbocycles. The molecular weight excluding hydrogens is 286 g/mol. The van der Waals surface area contributed by atoms with Crippen LogP contribution < -0.4 is 4.74 Å². The van der Waals surface area contributed by atoms with Crippen molar-refractivity contribution in [3.63, 3.8) is 0 Å². The van der Waals surface area contributed by atoms with E-state index in [-0.39, 0.29) is 5.75 Å². The predicted octanol–water partition coefficient (Wildman–Crippen LogP) is 2.56. The molecule has 0 aliphatic rings. The highest BCUT2D eigenvalue weighted by Crippen LogP contribution is 2.31. The van der Waals surface area contributed by atoms with Crippen LogP contribution >= 0.6 is 15.9 Å². The Hall–Kier alpha value is -1.36. The molecule has 0 aromatic heterocycles. The van der Waals surface area contributed by atoms with Crippen LogP contribution in [-0.2, 0) is 4.79 Å². The molecule has 0 radical (unpaired) electrons. The van der Waals surface area contributed by atoms with E-state index in [1.54, 1.807) is 19.9 Å². The first kappa shape index (κ1) is 13.7. The molecule has 0 amide bonds. The van der Waals surface area contributed by atoms with E-state index in [4.69, 9.17) is 4.74 Å². The van der Waals surface area contributed by atoms with Crippen molar-refractivity contribution in [1.29, 1.82) is 0 Å². The van der Waals surface area contributed by atoms with Gasteiger partial charge in [-0.1, -0.05) is 0 Å². The number of phenolic OH excluding ortho intramolecular Hbond substituents is 1. The number of aldehydes is 1. The molecule has 1 rings (SSSR count). The molecule has 1 aromatic carbocycles. The minimum absolute atomic E-state index is 0.0288. The summed E-state index contributed by atoms with van der Waals surface area (Å²) in [6, 6.07) is 3.16. The van der Waals surface area contributed by atoms with Gasteiger partial charge in [-0.3, -0.25) is 4.99 Å². The van der Waals surface area contributed by atoms with Crippen molar-refractivity contribution < 1.29 is 14.6 Å². The summed E-state index contributed by atoms with van der Waals surface area (Å²) in [5.41, 5.74) is -0.0900. The van der Waals surface area contributed by atoms with Crippen molar-refractivity contribution in [2.75, 3.05) is 7.11 Å². The number of phenols is 1. The Bertz CT molecular complexity index is 455. The van der Waals surface area contributed by atoms with E-state index in [9.17, 15) is 9.90 Å². The van der Waals surface area contributed by atoms with Crippen molar-refractivity contribution in [3.8, 4) is 11.5 Å². The third-order valence-electron chi connectivity index (χ3n) is 2.12. The molecular formula is C12H14BrNO3. The van der Waals surface area contributed by atoms with E-state index in [0.29, 0.717) is 11.3 Å². The monoisotopic (exact) mass is 299 g/mol. The average molecular weight is 300 g/mol. The number of carbonyl (C=O) groups excluding carboxylic acids is 1. The Morgan fingerprint density at radius 3 is 2.65 bits per heavy atom. The molecule has 5 heteroatoms. The number of halogens is 1. The number of carbonyl (C=O) groups is 1. The quantitative estimate of drug-likeness (QED) is 0.686. The molecule has 4 nitrogen and oxygen atoms in total. The van der Waals surface area contributed by atoms with Crippen LogP contribution in [0.5, 0.6) is 11.5 Å². The van der Waals surface area contributed by atoms with E-state index in [1.807, 2.05) is 0 Å². The number of nitrogens with zero attached hydrogens (tertiary/aromatic N) is 1. The van der Waals surface area contributed by atoms with Crippen LogP contribution in [0.1, 0.15) is 19.4 Å². The number of rotatable bonds is 4. The molecule has 0 spiro atoms. The van der Waals surface area contributed by atoms with Crippen LogP contribution in [0.25, 0.3) is 0 Å². The number of methoxy groups -OCH3 is 1. The first-order valence-corrected chi connectivity index (χ1v) is 5.77. The van der Waals surface area contributed by atoms with Gasteiger partial charge in [-0.15, -0.1) is 0 Å². The van der Waals surface area contributed by atoms with Crippen LogP contribution in [0, 0.1) is 0 Å². The molecule has 1 aromatic rings. The zero-order valence-corrected chi connectivity index (χ0v) is 11.5. The van der Waals surface area contributed by atoms with Gasteiger partial charge < -0.3 is 14.6 Å². The van der Waals surface area contributed by atoms with Crippen LogP contribution in [0.4, 0.5) is 0 Å². The van der Waals surface area contributed by atoms with Gasteiger partial charge in [0.1, 0.15) is 11.8 Å². The van der Waals surface area contributed by atoms with E-state index < -0.39 is 5.54 Å². The molecule has 0 heterocycles. The molecule has 0 aliphatic heterocycles. The maximum absolute atomic E-state index is 10.7. The molecule has 0 unspecified atom stereocenters. The topological polar surface area (TPSA) is 58.9 Å². The Labute approximate surface area is 108 Å². The van der Waals surface area contributed by atoms with Crippen LogP contribution in [0.2, 0.25) is 0 Å². The second kappa shape index (κ2) is 5.31. The normalized spacial score (nSPS) is 11.8. The van der Waals surface area contributed by atoms with Crippen molar-refractivity contribution in [3.05, 3.63) is 22.2 Å². The Kier molecular flexibility index (Phi) is 4.28. The van der Waals surface area contributed by atoms with E-state index in [0.717, 1.165) is 10.8 Å². The largest absolute Gasteiger partial charge is 0.504 e. The first-order valence-electron chi connectivity index (χ1n) is 4.97. The molecule has 1 N–H and O–H groups in total. The van der Waals surface area contributed by atoms with Crippen molar-refractivity contribution in [2.24, 2.45) is 4.99 Å². The maximum atomic E-state index is 10.7. The van der Waals surface area contributed by atoms with E-state index >= 15 is 0 Å². The van der Waals surface area contributed by atoms with Crippen molar-refractivity contribution in [1.82, 2.24) is 0 Å². The van der Waals surface area contributed by atoms with Crippen molar-refractivity contribution >= 4 is 28.4 Å². The Morgan fingerprint density at radius 2 is 2.12 bits per heavy atom. The molecule has 17 heavy (non-hydrogen) atoms. The van der Waals surface area contributed by atoms with Gasteiger partial charge in [-0.05, 0) is 41.9 Å². The zero-order valence-electron chi connectivity index (χ0n) is 9.90. The van der Waals surface area contributed by atoms with Gasteiger partial charge in [0, 0.05) is 16.3 Å². The van der Waals surface area contributed by atoms with E-state index in [2.05, 4.69) is 20.9 Å². The number of aromatic hydroxyl groups is 1. The highest BCUT2D eigenvalue weighted by Gasteiger charge is 2.13. The lowest BCUT2D eigenvalue weighted by atomic mass is 10.1. The fraction of sp³-hybridized carbons (Fsp3) is 0.333. The molecule has 0 fully saturated rings. The Balaban J connectivity index is 3.08. The van der Waals surface area contributed by atoms with Gasteiger partial charge in [-0.25, -0.2) is 0 Å². The van der Waals surface area contributed by atoms with Crippen LogP contribution in [0.15, 0.2) is 21.6 Å². The summed E-state index contributed by atoms with van der Waals surface area (Å²) in [5.74, 6) is 0.407. The summed E-state index contributed by atoms with van der Waals surface area (Å²) in [6.07, 6.45) is 2.30. The summed E-state index contributed by atoms with van der Waals surface area (Å²) >= 11 is 3.34. The molecule has 0 saturated heterocycles. The number of hydrogen-bond donors (Lipinski definition) is 1. The standard InChI is InChI=1S/C12H14BrNO3/c1-12(2,7-15)14-6-8-4-10(16)11(17-3)5-9(8)13/h4-7,16H,1-3H3. The third-order valence-corrected chi connectivity index (χ3v) is 2.81. The summed E-state index contributed by atoms with van der Waals surface area (Å²) < 4.78 is 5.70. The third kappa shape index (κ3) is 3.56. The predicted molar refractivity (Wildman–Crippen MR) is 70.1 cm³/mol. The average Bonchev–Trinajstić information content (AvgIpc) is 2.29. The van der Waals surface area contributed by atoms with Gasteiger partial charge in [0.05, 0.1) is 7.11 Å². The van der Waals surface area contributed by atoms with Crippen molar-refractivity contribution in [2.45, 2.75) is 19.4 Å². The lowest BCUT2D eigenvalue weighted by Crippen LogP contribution is -2.18. The lowest BCUT2D eigenvalue weighted by Gasteiger charge is -2.10. The molecule has 0 atom stereocenters. The second-order valence-corrected chi connectivity index (χ2v) is 4.93. The van der Waals surface area contributed by atoms with Gasteiger partial charge in [0.2, 0.25) is 0 Å². The highest BCUT2D eigenvalue weighted by molar-refractivity contribution is 9.10. The molecule has 92 valence electrons. The van der Waals surface area contributed by atoms with Gasteiger partial charge in [0.15, 0.2) is 11.5 Å². The fourth-order valence-corrected chi connectivity index (χ4v) is 1.51. The highest BCUT2D eigenvalue weighted by atomic mass is 79.9. The van der Waals surface area contributed by atoms with Crippen LogP contribution in [0.3, 0.4) is 0 Å². The number of benzene rings is 1. The number of aliphatic imine (C=N–C) groups is 1. The van der Waals surface area contributed by atoms with Gasteiger partial charge in [0.25, 0.3) is 0 Å². The minimum Gasteiger partial charge on any atom is -0.504 e. The smallest absolute Gasteiger partial charge is 0.161 e. The second-order valence-electron chi connectivity index (χ2n) is 4.08. The number of ether oxygens (including phenoxy) is 1. The zero-order chi connectivity index (χ0) is 13.1. The summed E-state index contributed by atoms with van der Waals surface area (Å²) in [4.78, 5) is 14.8. The lowest BCUT2D eigenvalue weighted by molar-refractivity contribution is -0.111. The fourth-order valence-electron chi connectivity index (χ4n) is 1.09. The SMILES string of the molecule is COc1cc(Br)c(C=NC(C)(C)C=O)cc1O. The minimum atomic E-state index is -0.769.